The standard InChI is InChI=1S/C17H18O3/c1-13(19-2)12-20-17-8-7-15-10-14(4-3-9-18)5-6-16(15)11-17/h5-8,10-11,13,18H,9,12H2,1-2H3. The van der Waals surface area contributed by atoms with E-state index in [1.807, 2.05) is 43.3 Å². The predicted octanol–water partition coefficient (Wildman–Crippen LogP) is 2.60. The van der Waals surface area contributed by atoms with Crippen molar-refractivity contribution in [1.82, 2.24) is 0 Å². The van der Waals surface area contributed by atoms with Gasteiger partial charge in [-0.05, 0) is 42.0 Å². The molecule has 0 heterocycles. The summed E-state index contributed by atoms with van der Waals surface area (Å²) in [6.07, 6.45) is 0.0711. The number of fused-ring (bicyclic) bond motifs is 1. The van der Waals surface area contributed by atoms with Gasteiger partial charge in [0.25, 0.3) is 0 Å². The Morgan fingerprint density at radius 2 is 1.90 bits per heavy atom. The van der Waals surface area contributed by atoms with Gasteiger partial charge in [-0.25, -0.2) is 0 Å². The average molecular weight is 270 g/mol. The topological polar surface area (TPSA) is 38.7 Å². The highest BCUT2D eigenvalue weighted by Gasteiger charge is 2.02. The van der Waals surface area contributed by atoms with Crippen molar-refractivity contribution >= 4 is 10.8 Å². The van der Waals surface area contributed by atoms with E-state index >= 15 is 0 Å². The predicted molar refractivity (Wildman–Crippen MR) is 79.9 cm³/mol. The van der Waals surface area contributed by atoms with Crippen LogP contribution in [0.15, 0.2) is 36.4 Å². The zero-order valence-electron chi connectivity index (χ0n) is 11.7. The van der Waals surface area contributed by atoms with Crippen LogP contribution >= 0.6 is 0 Å². The Morgan fingerprint density at radius 3 is 2.65 bits per heavy atom. The number of hydrogen-bond acceptors (Lipinski definition) is 3. The number of methoxy groups -OCH3 is 1. The summed E-state index contributed by atoms with van der Waals surface area (Å²) in [5.41, 5.74) is 0.897. The second-order valence-electron chi connectivity index (χ2n) is 4.54. The van der Waals surface area contributed by atoms with Gasteiger partial charge in [0.15, 0.2) is 0 Å². The van der Waals surface area contributed by atoms with Gasteiger partial charge in [-0.15, -0.1) is 0 Å². The number of benzene rings is 2. The molecule has 0 aliphatic heterocycles. The molecule has 0 aliphatic rings. The van der Waals surface area contributed by atoms with Crippen molar-refractivity contribution in [3.63, 3.8) is 0 Å². The fraction of sp³-hybridized carbons (Fsp3) is 0.294. The molecule has 1 N–H and O–H groups in total. The van der Waals surface area contributed by atoms with Crippen LogP contribution in [-0.4, -0.2) is 31.5 Å². The molecule has 1 atom stereocenters. The van der Waals surface area contributed by atoms with E-state index in [0.717, 1.165) is 22.1 Å². The molecule has 0 saturated carbocycles. The molecule has 0 bridgehead atoms. The summed E-state index contributed by atoms with van der Waals surface area (Å²) in [4.78, 5) is 0. The first-order valence-corrected chi connectivity index (χ1v) is 6.52. The van der Waals surface area contributed by atoms with Crippen LogP contribution in [0.3, 0.4) is 0 Å². The Kier molecular flexibility index (Phi) is 5.00. The lowest BCUT2D eigenvalue weighted by molar-refractivity contribution is 0.0717. The summed E-state index contributed by atoms with van der Waals surface area (Å²) in [6, 6.07) is 11.9. The molecular weight excluding hydrogens is 252 g/mol. The normalized spacial score (nSPS) is 11.8. The van der Waals surface area contributed by atoms with Gasteiger partial charge < -0.3 is 14.6 Å². The Balaban J connectivity index is 2.18. The van der Waals surface area contributed by atoms with E-state index in [1.165, 1.54) is 0 Å². The van der Waals surface area contributed by atoms with Crippen molar-refractivity contribution < 1.29 is 14.6 Å². The summed E-state index contributed by atoms with van der Waals surface area (Å²) in [7, 11) is 1.67. The second-order valence-corrected chi connectivity index (χ2v) is 4.54. The van der Waals surface area contributed by atoms with Crippen LogP contribution in [0, 0.1) is 11.8 Å². The monoisotopic (exact) mass is 270 g/mol. The van der Waals surface area contributed by atoms with Gasteiger partial charge >= 0.3 is 0 Å². The smallest absolute Gasteiger partial charge is 0.120 e. The van der Waals surface area contributed by atoms with Crippen molar-refractivity contribution in [1.29, 1.82) is 0 Å². The van der Waals surface area contributed by atoms with E-state index < -0.39 is 0 Å². The molecule has 0 aromatic heterocycles. The fourth-order valence-corrected chi connectivity index (χ4v) is 1.81. The Hall–Kier alpha value is -2.02. The van der Waals surface area contributed by atoms with E-state index in [2.05, 4.69) is 11.8 Å². The lowest BCUT2D eigenvalue weighted by Gasteiger charge is -2.12. The molecule has 0 spiro atoms. The first-order chi connectivity index (χ1) is 9.72. The molecule has 2 aromatic carbocycles. The lowest BCUT2D eigenvalue weighted by atomic mass is 10.1. The van der Waals surface area contributed by atoms with Crippen LogP contribution in [0.2, 0.25) is 0 Å². The summed E-state index contributed by atoms with van der Waals surface area (Å²) in [5, 5.41) is 10.9. The van der Waals surface area contributed by atoms with Gasteiger partial charge in [0, 0.05) is 12.7 Å². The van der Waals surface area contributed by atoms with Crippen LogP contribution in [0.1, 0.15) is 12.5 Å². The van der Waals surface area contributed by atoms with Crippen LogP contribution in [-0.2, 0) is 4.74 Å². The SMILES string of the molecule is COC(C)COc1ccc2cc(C#CCO)ccc2c1. The number of aliphatic hydroxyl groups excluding tert-OH is 1. The minimum absolute atomic E-state index is 0.0711. The summed E-state index contributed by atoms with van der Waals surface area (Å²) in [5.74, 6) is 6.38. The summed E-state index contributed by atoms with van der Waals surface area (Å²) >= 11 is 0. The molecule has 20 heavy (non-hydrogen) atoms. The van der Waals surface area contributed by atoms with Crippen molar-refractivity contribution in [3.8, 4) is 17.6 Å². The highest BCUT2D eigenvalue weighted by molar-refractivity contribution is 5.85. The van der Waals surface area contributed by atoms with E-state index in [4.69, 9.17) is 14.6 Å². The van der Waals surface area contributed by atoms with E-state index in [0.29, 0.717) is 6.61 Å². The fourth-order valence-electron chi connectivity index (χ4n) is 1.81. The number of aliphatic hydroxyl groups is 1. The van der Waals surface area contributed by atoms with Gasteiger partial charge in [-0.1, -0.05) is 24.0 Å². The third kappa shape index (κ3) is 3.74. The molecule has 0 fully saturated rings. The van der Waals surface area contributed by atoms with E-state index in [-0.39, 0.29) is 12.7 Å². The molecule has 2 aromatic rings. The Labute approximate surface area is 119 Å². The first kappa shape index (κ1) is 14.4. The van der Waals surface area contributed by atoms with Gasteiger partial charge in [-0.3, -0.25) is 0 Å². The lowest BCUT2D eigenvalue weighted by Crippen LogP contribution is -2.15. The third-order valence-electron chi connectivity index (χ3n) is 3.01. The average Bonchev–Trinajstić information content (AvgIpc) is 2.50. The van der Waals surface area contributed by atoms with Gasteiger partial charge in [0.05, 0.1) is 6.10 Å². The number of ether oxygens (including phenoxy) is 2. The minimum Gasteiger partial charge on any atom is -0.491 e. The first-order valence-electron chi connectivity index (χ1n) is 6.52. The Bertz CT molecular complexity index is 637. The summed E-state index contributed by atoms with van der Waals surface area (Å²) in [6.45, 7) is 2.37. The van der Waals surface area contributed by atoms with Gasteiger partial charge in [0.2, 0.25) is 0 Å². The molecule has 104 valence electrons. The molecule has 3 heteroatoms. The zero-order valence-corrected chi connectivity index (χ0v) is 11.7. The molecule has 0 aliphatic carbocycles. The number of rotatable bonds is 4. The van der Waals surface area contributed by atoms with Crippen molar-refractivity contribution in [3.05, 3.63) is 42.0 Å². The summed E-state index contributed by atoms with van der Waals surface area (Å²) < 4.78 is 10.8. The minimum atomic E-state index is -0.123. The zero-order chi connectivity index (χ0) is 14.4. The highest BCUT2D eigenvalue weighted by atomic mass is 16.5. The van der Waals surface area contributed by atoms with Gasteiger partial charge in [-0.2, -0.15) is 0 Å². The van der Waals surface area contributed by atoms with Crippen LogP contribution < -0.4 is 4.74 Å². The van der Waals surface area contributed by atoms with E-state index in [1.54, 1.807) is 7.11 Å². The largest absolute Gasteiger partial charge is 0.491 e. The number of hydrogen-bond donors (Lipinski definition) is 1. The maximum Gasteiger partial charge on any atom is 0.120 e. The van der Waals surface area contributed by atoms with Crippen molar-refractivity contribution in [2.75, 3.05) is 20.3 Å². The van der Waals surface area contributed by atoms with Crippen LogP contribution in [0.4, 0.5) is 0 Å². The molecule has 0 saturated heterocycles. The van der Waals surface area contributed by atoms with Crippen molar-refractivity contribution in [2.45, 2.75) is 13.0 Å². The van der Waals surface area contributed by atoms with Crippen molar-refractivity contribution in [2.24, 2.45) is 0 Å². The quantitative estimate of drug-likeness (QED) is 0.868. The maximum absolute atomic E-state index is 8.70. The molecule has 3 nitrogen and oxygen atoms in total. The van der Waals surface area contributed by atoms with E-state index in [9.17, 15) is 0 Å². The Morgan fingerprint density at radius 1 is 1.15 bits per heavy atom. The molecule has 0 amide bonds. The van der Waals surface area contributed by atoms with Crippen LogP contribution in [0.25, 0.3) is 10.8 Å². The molecule has 2 rings (SSSR count). The molecule has 0 radical (unpaired) electrons. The second kappa shape index (κ2) is 6.95. The molecule has 1 unspecified atom stereocenters. The third-order valence-corrected chi connectivity index (χ3v) is 3.01. The maximum atomic E-state index is 8.70. The van der Waals surface area contributed by atoms with Crippen LogP contribution in [0.5, 0.6) is 5.75 Å². The molecular formula is C17H18O3. The highest BCUT2D eigenvalue weighted by Crippen LogP contribution is 2.22. The van der Waals surface area contributed by atoms with Gasteiger partial charge in [0.1, 0.15) is 19.0 Å².